The molecule has 0 aliphatic heterocycles. The highest BCUT2D eigenvalue weighted by atomic mass is 32.2. The van der Waals surface area contributed by atoms with Crippen molar-refractivity contribution in [2.75, 3.05) is 17.2 Å². The van der Waals surface area contributed by atoms with E-state index in [1.165, 1.54) is 23.1 Å². The normalized spacial score (nSPS) is 14.2. The number of ether oxygens (including phenoxy) is 2. The molecule has 0 saturated carbocycles. The summed E-state index contributed by atoms with van der Waals surface area (Å²) < 4.78 is 11.3. The zero-order valence-electron chi connectivity index (χ0n) is 31.6. The van der Waals surface area contributed by atoms with Crippen molar-refractivity contribution >= 4 is 63.6 Å². The van der Waals surface area contributed by atoms with Crippen LogP contribution in [0.2, 0.25) is 0 Å². The quantitative estimate of drug-likeness (QED) is 0.0549. The van der Waals surface area contributed by atoms with Gasteiger partial charge >= 0.3 is 5.97 Å². The maximum atomic E-state index is 13.8. The van der Waals surface area contributed by atoms with E-state index in [2.05, 4.69) is 22.9 Å². The number of amides is 3. The summed E-state index contributed by atoms with van der Waals surface area (Å²) in [5.74, 6) is -0.389. The van der Waals surface area contributed by atoms with Crippen molar-refractivity contribution < 1.29 is 28.7 Å². The van der Waals surface area contributed by atoms with Crippen LogP contribution in [0.3, 0.4) is 0 Å². The van der Waals surface area contributed by atoms with E-state index in [0.29, 0.717) is 52.1 Å². The van der Waals surface area contributed by atoms with Crippen LogP contribution in [0.25, 0.3) is 6.08 Å². The molecule has 3 amide bonds. The Bertz CT molecular complexity index is 2180. The molecule has 5 aromatic rings. The summed E-state index contributed by atoms with van der Waals surface area (Å²) in [6.07, 6.45) is 4.78. The summed E-state index contributed by atoms with van der Waals surface area (Å²) in [6, 6.07) is 33.0. The molecule has 11 heteroatoms. The van der Waals surface area contributed by atoms with Crippen LogP contribution in [0.5, 0.6) is 5.75 Å². The number of hydrogen-bond donors (Lipinski definition) is 3. The van der Waals surface area contributed by atoms with Crippen LogP contribution in [-0.2, 0) is 33.8 Å². The highest BCUT2D eigenvalue weighted by molar-refractivity contribution is 8.00. The first-order valence-corrected chi connectivity index (χ1v) is 20.5. The maximum absolute atomic E-state index is 13.8. The molecule has 0 radical (unpaired) electrons. The largest absolute Gasteiger partial charge is 0.489 e. The molecule has 2 unspecified atom stereocenters. The first kappa shape index (κ1) is 40.0. The number of hydrogen-bond acceptors (Lipinski definition) is 8. The smallest absolute Gasteiger partial charge is 0.341 e. The monoisotopic (exact) mass is 787 g/mol. The zero-order valence-corrected chi connectivity index (χ0v) is 33.3. The lowest BCUT2D eigenvalue weighted by atomic mass is 9.88. The Hall–Kier alpha value is -5.65. The first-order valence-electron chi connectivity index (χ1n) is 18.8. The molecule has 4 aromatic carbocycles. The third kappa shape index (κ3) is 10.6. The molecular weight excluding hydrogens is 743 g/mol. The fourth-order valence-corrected chi connectivity index (χ4v) is 8.71. The molecule has 2 atom stereocenters. The van der Waals surface area contributed by atoms with Crippen molar-refractivity contribution in [2.45, 2.75) is 63.2 Å². The van der Waals surface area contributed by atoms with Crippen molar-refractivity contribution in [3.05, 3.63) is 148 Å². The van der Waals surface area contributed by atoms with Gasteiger partial charge in [0.2, 0.25) is 5.91 Å². The highest BCUT2D eigenvalue weighted by Gasteiger charge is 2.30. The van der Waals surface area contributed by atoms with Gasteiger partial charge in [0, 0.05) is 21.0 Å². The molecule has 9 nitrogen and oxygen atoms in total. The van der Waals surface area contributed by atoms with Crippen molar-refractivity contribution in [2.24, 2.45) is 5.92 Å². The summed E-state index contributed by atoms with van der Waals surface area (Å²) >= 11 is 2.84. The Morgan fingerprint density at radius 3 is 2.34 bits per heavy atom. The van der Waals surface area contributed by atoms with Crippen LogP contribution in [0.1, 0.15) is 75.9 Å². The third-order valence-corrected chi connectivity index (χ3v) is 11.8. The molecule has 1 aliphatic rings. The average Bonchev–Trinajstić information content (AvgIpc) is 3.56. The summed E-state index contributed by atoms with van der Waals surface area (Å²) in [4.78, 5) is 55.7. The topological polar surface area (TPSA) is 123 Å². The van der Waals surface area contributed by atoms with Gasteiger partial charge in [0.15, 0.2) is 0 Å². The summed E-state index contributed by atoms with van der Waals surface area (Å²) in [5.41, 5.74) is 4.14. The van der Waals surface area contributed by atoms with Gasteiger partial charge in [-0.15, -0.1) is 23.1 Å². The molecule has 0 saturated heterocycles. The number of fused-ring (bicyclic) bond motifs is 1. The number of carbonyl (C=O) groups excluding carboxylic acids is 4. The van der Waals surface area contributed by atoms with E-state index in [0.717, 1.165) is 40.2 Å². The van der Waals surface area contributed by atoms with Gasteiger partial charge in [-0.05, 0) is 104 Å². The molecular formula is C45H45N3O6S2. The summed E-state index contributed by atoms with van der Waals surface area (Å²) in [6.45, 7) is 6.58. The number of thiophene rings is 1. The molecule has 3 N–H and O–H groups in total. The molecule has 56 heavy (non-hydrogen) atoms. The summed E-state index contributed by atoms with van der Waals surface area (Å²) in [7, 11) is 0. The lowest BCUT2D eigenvalue weighted by molar-refractivity contribution is -0.116. The van der Waals surface area contributed by atoms with Crippen molar-refractivity contribution in [1.82, 2.24) is 5.32 Å². The van der Waals surface area contributed by atoms with Crippen molar-refractivity contribution in [3.63, 3.8) is 0 Å². The van der Waals surface area contributed by atoms with Crippen molar-refractivity contribution in [1.29, 1.82) is 0 Å². The van der Waals surface area contributed by atoms with E-state index in [9.17, 15) is 19.2 Å². The first-order chi connectivity index (χ1) is 27.2. The fraction of sp³-hybridized carbons (Fsp3) is 0.244. The number of esters is 1. The van der Waals surface area contributed by atoms with Crippen LogP contribution in [-0.4, -0.2) is 35.5 Å². The molecule has 0 bridgehead atoms. The van der Waals surface area contributed by atoms with E-state index in [-0.39, 0.29) is 18.2 Å². The minimum Gasteiger partial charge on any atom is -0.489 e. The van der Waals surface area contributed by atoms with E-state index in [1.807, 2.05) is 73.7 Å². The molecule has 1 heterocycles. The fourth-order valence-electron chi connectivity index (χ4n) is 6.29. The number of anilines is 2. The van der Waals surface area contributed by atoms with Gasteiger partial charge in [0.25, 0.3) is 11.8 Å². The van der Waals surface area contributed by atoms with Crippen molar-refractivity contribution in [3.8, 4) is 5.75 Å². The lowest BCUT2D eigenvalue weighted by Crippen LogP contribution is -2.30. The van der Waals surface area contributed by atoms with Gasteiger partial charge in [-0.25, -0.2) is 4.79 Å². The number of benzene rings is 4. The minimum atomic E-state index is -0.520. The Morgan fingerprint density at radius 1 is 0.893 bits per heavy atom. The molecule has 6 rings (SSSR count). The Labute approximate surface area is 335 Å². The average molecular weight is 788 g/mol. The second kappa shape index (κ2) is 19.3. The van der Waals surface area contributed by atoms with Crippen LogP contribution in [0.15, 0.2) is 120 Å². The predicted molar refractivity (Wildman–Crippen MR) is 224 cm³/mol. The van der Waals surface area contributed by atoms with Gasteiger partial charge in [0.1, 0.15) is 23.1 Å². The van der Waals surface area contributed by atoms with E-state index < -0.39 is 23.0 Å². The second-order valence-electron chi connectivity index (χ2n) is 13.5. The third-order valence-electron chi connectivity index (χ3n) is 9.23. The van der Waals surface area contributed by atoms with Crippen LogP contribution in [0, 0.1) is 5.92 Å². The molecule has 288 valence electrons. The van der Waals surface area contributed by atoms with E-state index in [4.69, 9.17) is 9.47 Å². The molecule has 0 fully saturated rings. The predicted octanol–water partition coefficient (Wildman–Crippen LogP) is 9.55. The highest BCUT2D eigenvalue weighted by Crippen LogP contribution is 2.41. The Morgan fingerprint density at radius 2 is 1.62 bits per heavy atom. The minimum absolute atomic E-state index is 0.0473. The maximum Gasteiger partial charge on any atom is 0.341 e. The molecule has 0 spiro atoms. The molecule has 1 aromatic heterocycles. The zero-order chi connectivity index (χ0) is 39.4. The van der Waals surface area contributed by atoms with Gasteiger partial charge in [-0.2, -0.15) is 0 Å². The van der Waals surface area contributed by atoms with Gasteiger partial charge in [-0.1, -0.05) is 80.6 Å². The Kier molecular flexibility index (Phi) is 13.8. The van der Waals surface area contributed by atoms with Crippen LogP contribution in [0.4, 0.5) is 10.7 Å². The molecule has 1 aliphatic carbocycles. The van der Waals surface area contributed by atoms with Gasteiger partial charge in [0.05, 0.1) is 17.4 Å². The van der Waals surface area contributed by atoms with Crippen LogP contribution >= 0.6 is 23.1 Å². The number of rotatable bonds is 15. The summed E-state index contributed by atoms with van der Waals surface area (Å²) in [5, 5.41) is 8.83. The van der Waals surface area contributed by atoms with Gasteiger partial charge < -0.3 is 25.4 Å². The van der Waals surface area contributed by atoms with Gasteiger partial charge in [-0.3, -0.25) is 14.4 Å². The van der Waals surface area contributed by atoms with E-state index >= 15 is 0 Å². The number of carbonyl (C=O) groups is 4. The van der Waals surface area contributed by atoms with Crippen LogP contribution < -0.4 is 20.7 Å². The van der Waals surface area contributed by atoms with E-state index in [1.54, 1.807) is 55.5 Å². The number of nitrogens with one attached hydrogen (secondary N) is 3. The Balaban J connectivity index is 1.16. The standard InChI is InChI=1S/C45H45N3O6S2/c1-4-38(43(51)48-44-40(45(52)53-5-2)36-24-19-29(3)25-39(36)56-44)55-35-18-12-17-33(27-35)46-42(50)37(47-41(49)32-15-10-7-11-16-32)26-30-20-22-34(23-21-30)54-28-31-13-8-6-9-14-31/h6-18,20-23,26-27,29,38H,4-5,19,24-25,28H2,1-3H3,(H,46,50)(H,47,49)(H,48,51)/b37-26-. The SMILES string of the molecule is CCOC(=O)c1c(NC(=O)C(CC)Sc2cccc(NC(=O)/C(=C/c3ccc(OCc4ccccc4)cc3)NC(=O)c3ccccc3)c2)sc2c1CCC(C)C2. The number of thioether (sulfide) groups is 1. The second-order valence-corrected chi connectivity index (χ2v) is 15.9. The lowest BCUT2D eigenvalue weighted by Gasteiger charge is -2.18.